The maximum Gasteiger partial charge on any atom is 0.243 e. The molecule has 7 heteroatoms. The van der Waals surface area contributed by atoms with Gasteiger partial charge >= 0.3 is 0 Å². The van der Waals surface area contributed by atoms with Crippen LogP contribution in [0.4, 0.5) is 5.13 Å². The van der Waals surface area contributed by atoms with E-state index in [1.54, 1.807) is 11.3 Å². The molecule has 4 rings (SSSR count). The zero-order chi connectivity index (χ0) is 14.4. The van der Waals surface area contributed by atoms with Crippen LogP contribution in [0.3, 0.4) is 0 Å². The van der Waals surface area contributed by atoms with Crippen molar-refractivity contribution in [1.82, 2.24) is 19.5 Å². The van der Waals surface area contributed by atoms with Gasteiger partial charge in [-0.3, -0.25) is 4.79 Å². The second-order valence-electron chi connectivity index (χ2n) is 5.85. The van der Waals surface area contributed by atoms with E-state index in [1.165, 1.54) is 31.4 Å². The highest BCUT2D eigenvalue weighted by Gasteiger charge is 2.29. The molecule has 0 N–H and O–H groups in total. The summed E-state index contributed by atoms with van der Waals surface area (Å²) in [4.78, 5) is 21.4. The van der Waals surface area contributed by atoms with Gasteiger partial charge in [0.25, 0.3) is 0 Å². The molecule has 1 saturated heterocycles. The molecule has 0 radical (unpaired) electrons. The number of amides is 1. The van der Waals surface area contributed by atoms with E-state index >= 15 is 0 Å². The third-order valence-electron chi connectivity index (χ3n) is 4.50. The molecule has 0 unspecified atom stereocenters. The summed E-state index contributed by atoms with van der Waals surface area (Å²) in [6.45, 7) is 3.83. The Balaban J connectivity index is 1.57. The summed E-state index contributed by atoms with van der Waals surface area (Å²) < 4.78 is 1.88. The van der Waals surface area contributed by atoms with Crippen molar-refractivity contribution < 1.29 is 4.79 Å². The maximum atomic E-state index is 11.8. The van der Waals surface area contributed by atoms with E-state index in [2.05, 4.69) is 11.3 Å². The van der Waals surface area contributed by atoms with Gasteiger partial charge in [-0.05, 0) is 19.8 Å². The van der Waals surface area contributed by atoms with Crippen LogP contribution in [0.25, 0.3) is 4.96 Å². The third-order valence-corrected chi connectivity index (χ3v) is 5.48. The van der Waals surface area contributed by atoms with Crippen LogP contribution < -0.4 is 4.90 Å². The van der Waals surface area contributed by atoms with Crippen molar-refractivity contribution in [3.63, 3.8) is 0 Å². The number of carbonyl (C=O) groups is 1. The summed E-state index contributed by atoms with van der Waals surface area (Å²) in [5.41, 5.74) is 1.19. The fourth-order valence-electron chi connectivity index (χ4n) is 3.26. The van der Waals surface area contributed by atoms with E-state index in [4.69, 9.17) is 4.98 Å². The van der Waals surface area contributed by atoms with E-state index in [0.717, 1.165) is 16.6 Å². The van der Waals surface area contributed by atoms with Crippen LogP contribution in [0.1, 0.15) is 44.2 Å². The van der Waals surface area contributed by atoms with Gasteiger partial charge in [-0.15, -0.1) is 5.10 Å². The Labute approximate surface area is 127 Å². The number of hydrogen-bond donors (Lipinski definition) is 0. The lowest BCUT2D eigenvalue weighted by atomic mass is 10.1. The molecule has 1 aliphatic carbocycles. The zero-order valence-corrected chi connectivity index (χ0v) is 13.0. The average Bonchev–Trinajstić information content (AvgIpc) is 3.20. The van der Waals surface area contributed by atoms with Gasteiger partial charge in [-0.2, -0.15) is 0 Å². The van der Waals surface area contributed by atoms with E-state index in [-0.39, 0.29) is 5.91 Å². The Bertz CT molecular complexity index is 641. The first-order valence-electron chi connectivity index (χ1n) is 7.63. The van der Waals surface area contributed by atoms with Crippen molar-refractivity contribution in [3.05, 3.63) is 11.9 Å². The number of carbonyl (C=O) groups excluding carboxylic acids is 1. The van der Waals surface area contributed by atoms with Crippen LogP contribution in [0, 0.1) is 0 Å². The number of anilines is 1. The van der Waals surface area contributed by atoms with E-state index < -0.39 is 0 Å². The van der Waals surface area contributed by atoms with Crippen LogP contribution in [-0.2, 0) is 4.79 Å². The molecule has 1 saturated carbocycles. The molecular weight excluding hydrogens is 286 g/mol. The van der Waals surface area contributed by atoms with E-state index in [1.807, 2.05) is 21.2 Å². The largest absolute Gasteiger partial charge is 0.324 e. The van der Waals surface area contributed by atoms with E-state index in [0.29, 0.717) is 19.1 Å². The van der Waals surface area contributed by atoms with Gasteiger partial charge < -0.3 is 9.80 Å². The van der Waals surface area contributed by atoms with Gasteiger partial charge in [-0.25, -0.2) is 9.50 Å². The van der Waals surface area contributed by atoms with Crippen molar-refractivity contribution in [2.75, 3.05) is 24.7 Å². The summed E-state index contributed by atoms with van der Waals surface area (Å²) in [6, 6.07) is 0. The molecule has 2 aromatic rings. The van der Waals surface area contributed by atoms with Gasteiger partial charge in [0.15, 0.2) is 0 Å². The average molecular weight is 305 g/mol. The second-order valence-corrected chi connectivity index (χ2v) is 6.78. The lowest BCUT2D eigenvalue weighted by Crippen LogP contribution is -2.26. The first-order valence-corrected chi connectivity index (χ1v) is 8.45. The molecule has 112 valence electrons. The molecule has 2 fully saturated rings. The molecule has 1 amide bonds. The van der Waals surface area contributed by atoms with Crippen LogP contribution in [0.2, 0.25) is 0 Å². The highest BCUT2D eigenvalue weighted by atomic mass is 32.1. The van der Waals surface area contributed by atoms with Crippen LogP contribution in [0.5, 0.6) is 0 Å². The zero-order valence-electron chi connectivity index (χ0n) is 12.2. The van der Waals surface area contributed by atoms with Gasteiger partial charge in [0, 0.05) is 12.5 Å². The van der Waals surface area contributed by atoms with Crippen LogP contribution in [-0.4, -0.2) is 45.2 Å². The fraction of sp³-hybridized carbons (Fsp3) is 0.643. The standard InChI is InChI=1S/C14H19N5OS/c1-2-17-9-18(8-12(17)20)14-16-19-7-11(15-13(19)21-14)10-5-3-4-6-10/h7,10H,2-6,8-9H2,1H3. The third kappa shape index (κ3) is 2.19. The van der Waals surface area contributed by atoms with Crippen molar-refractivity contribution >= 4 is 27.3 Å². The fourth-order valence-corrected chi connectivity index (χ4v) is 4.14. The molecule has 1 aliphatic heterocycles. The number of hydrogen-bond acceptors (Lipinski definition) is 5. The molecule has 3 heterocycles. The number of imidazole rings is 1. The molecule has 21 heavy (non-hydrogen) atoms. The maximum absolute atomic E-state index is 11.8. The molecule has 0 spiro atoms. The van der Waals surface area contributed by atoms with Gasteiger partial charge in [0.2, 0.25) is 16.0 Å². The van der Waals surface area contributed by atoms with Gasteiger partial charge in [0.1, 0.15) is 6.54 Å². The topological polar surface area (TPSA) is 53.7 Å². The normalized spacial score (nSPS) is 20.3. The van der Waals surface area contributed by atoms with Crippen molar-refractivity contribution in [2.24, 2.45) is 0 Å². The summed E-state index contributed by atoms with van der Waals surface area (Å²) in [7, 11) is 0. The number of likely N-dealkylation sites (N-methyl/N-ethyl adjacent to an activating group) is 1. The lowest BCUT2D eigenvalue weighted by Gasteiger charge is -2.14. The minimum absolute atomic E-state index is 0.178. The molecule has 2 aromatic heterocycles. The number of rotatable bonds is 3. The predicted molar refractivity (Wildman–Crippen MR) is 81.7 cm³/mol. The number of nitrogens with zero attached hydrogens (tertiary/aromatic N) is 5. The molecule has 0 bridgehead atoms. The number of aromatic nitrogens is 3. The van der Waals surface area contributed by atoms with Crippen molar-refractivity contribution in [1.29, 1.82) is 0 Å². The minimum Gasteiger partial charge on any atom is -0.324 e. The molecule has 6 nitrogen and oxygen atoms in total. The summed E-state index contributed by atoms with van der Waals surface area (Å²) in [5, 5.41) is 5.50. The summed E-state index contributed by atoms with van der Waals surface area (Å²) in [5.74, 6) is 0.795. The van der Waals surface area contributed by atoms with Crippen LogP contribution in [0.15, 0.2) is 6.20 Å². The Morgan fingerprint density at radius 1 is 1.38 bits per heavy atom. The molecular formula is C14H19N5OS. The van der Waals surface area contributed by atoms with Gasteiger partial charge in [-0.1, -0.05) is 24.2 Å². The number of fused-ring (bicyclic) bond motifs is 1. The Morgan fingerprint density at radius 2 is 2.19 bits per heavy atom. The van der Waals surface area contributed by atoms with Crippen molar-refractivity contribution in [3.8, 4) is 0 Å². The Kier molecular flexibility index (Phi) is 3.10. The van der Waals surface area contributed by atoms with Crippen molar-refractivity contribution in [2.45, 2.75) is 38.5 Å². The second kappa shape index (κ2) is 4.98. The summed E-state index contributed by atoms with van der Waals surface area (Å²) >= 11 is 1.58. The highest BCUT2D eigenvalue weighted by Crippen LogP contribution is 2.35. The highest BCUT2D eigenvalue weighted by molar-refractivity contribution is 7.20. The van der Waals surface area contributed by atoms with Crippen LogP contribution >= 0.6 is 11.3 Å². The quantitative estimate of drug-likeness (QED) is 0.871. The Morgan fingerprint density at radius 3 is 2.86 bits per heavy atom. The van der Waals surface area contributed by atoms with Gasteiger partial charge in [0.05, 0.1) is 18.6 Å². The first-order chi connectivity index (χ1) is 10.2. The Hall–Kier alpha value is -1.63. The monoisotopic (exact) mass is 305 g/mol. The summed E-state index contributed by atoms with van der Waals surface area (Å²) in [6.07, 6.45) is 7.21. The molecule has 0 aromatic carbocycles. The van der Waals surface area contributed by atoms with E-state index in [9.17, 15) is 4.79 Å². The smallest absolute Gasteiger partial charge is 0.243 e. The minimum atomic E-state index is 0.178. The predicted octanol–water partition coefficient (Wildman–Crippen LogP) is 2.07. The molecule has 0 atom stereocenters. The lowest BCUT2D eigenvalue weighted by molar-refractivity contribution is -0.126. The first kappa shape index (κ1) is 13.1. The molecule has 2 aliphatic rings. The SMILES string of the molecule is CCN1CN(c2nn3cc(C4CCCC4)nc3s2)CC1=O.